The fourth-order valence-electron chi connectivity index (χ4n) is 0. The van der Waals surface area contributed by atoms with Gasteiger partial charge in [-0.25, -0.2) is 0 Å². The molecule has 0 bridgehead atoms. The summed E-state index contributed by atoms with van der Waals surface area (Å²) in [5, 5.41) is 0. The molecule has 13 nitrogen and oxygen atoms in total. The minimum atomic E-state index is -3.97. The molecule has 0 saturated carbocycles. The van der Waals surface area contributed by atoms with Gasteiger partial charge in [0.25, 0.3) is 11.4 Å². The Morgan fingerprint density at radius 3 is 0.778 bits per heavy atom. The van der Waals surface area contributed by atoms with Crippen LogP contribution in [-0.4, -0.2) is 124 Å². The van der Waals surface area contributed by atoms with E-state index in [0.29, 0.717) is 0 Å². The summed E-state index contributed by atoms with van der Waals surface area (Å²) >= 11 is 0.0394. The molecule has 0 unspecified atom stereocenters. The van der Waals surface area contributed by atoms with Crippen LogP contribution in [0.5, 0.6) is 0 Å². The van der Waals surface area contributed by atoms with E-state index in [2.05, 4.69) is 11.7 Å². The molecular weight excluding hydrogens is 350 g/mol. The molecule has 0 amide bonds. The van der Waals surface area contributed by atoms with E-state index in [1.54, 1.807) is 0 Å². The predicted molar refractivity (Wildman–Crippen MR) is 73.5 cm³/mol. The van der Waals surface area contributed by atoms with Gasteiger partial charge in [0, 0.05) is 0 Å². The standard InChI is InChI=1S/2Na.H2O3S2.H2O3S.7H2O.2H/c;;1-5(2,3)4;1-4(2)3;;;;;;;;;/h;;(H2,1,2,3,4);(H2,1,2,3);7*1H2;;. The fourth-order valence-corrected chi connectivity index (χ4v) is 0. The Balaban J connectivity index is -0.00000000406. The van der Waals surface area contributed by atoms with E-state index in [1.165, 1.54) is 0 Å². The second-order valence-electron chi connectivity index (χ2n) is 0.679. The Hall–Kier alpha value is 2.05. The molecule has 0 aliphatic carbocycles. The Kier molecular flexibility index (Phi) is 251. The molecule has 0 aromatic heterocycles. The summed E-state index contributed by atoms with van der Waals surface area (Å²) in [4.78, 5) is 0. The summed E-state index contributed by atoms with van der Waals surface area (Å²) in [6, 6.07) is 0. The van der Waals surface area contributed by atoms with Gasteiger partial charge in [0.05, 0.1) is 0 Å². The zero-order valence-corrected chi connectivity index (χ0v) is 9.86. The van der Waals surface area contributed by atoms with Gasteiger partial charge in [-0.1, -0.05) is 0 Å². The zero-order chi connectivity index (χ0) is 8.08. The first-order valence-corrected chi connectivity index (χ1v) is 4.79. The first-order chi connectivity index (χ1) is 3.73. The number of rotatable bonds is 0. The molecule has 0 rings (SSSR count). The molecule has 0 fully saturated rings. The second-order valence-corrected chi connectivity index (χ2v) is 3.42. The van der Waals surface area contributed by atoms with Crippen molar-refractivity contribution in [3.8, 4) is 0 Å². The molecule has 0 radical (unpaired) electrons. The van der Waals surface area contributed by atoms with Gasteiger partial charge in [-0.2, -0.15) is 12.6 Å². The van der Waals surface area contributed by atoms with E-state index >= 15 is 0 Å². The number of hydrogen-bond donors (Lipinski definition) is 4. The molecule has 0 aromatic carbocycles. The maximum atomic E-state index is 9.05. The van der Waals surface area contributed by atoms with Gasteiger partial charge in [0.1, 0.15) is 0 Å². The molecule has 17 N–H and O–H groups in total. The van der Waals surface area contributed by atoms with Crippen LogP contribution in [0, 0.1) is 0 Å². The first kappa shape index (κ1) is 88.8. The van der Waals surface area contributed by atoms with E-state index in [1.807, 2.05) is 0 Å². The Morgan fingerprint density at radius 2 is 0.778 bits per heavy atom. The van der Waals surface area contributed by atoms with Crippen molar-refractivity contribution in [1.29, 1.82) is 0 Å². The van der Waals surface area contributed by atoms with Crippen LogP contribution >= 0.6 is 11.7 Å². The van der Waals surface area contributed by atoms with Crippen molar-refractivity contribution in [2.75, 3.05) is 0 Å². The average molecular weight is 370 g/mol. The number of hydrogen-bond acceptors (Lipinski definition) is 3. The molecule has 0 aliphatic heterocycles. The monoisotopic (exact) mass is 370 g/mol. The van der Waals surface area contributed by atoms with Crippen molar-refractivity contribution in [1.82, 2.24) is 0 Å². The van der Waals surface area contributed by atoms with Crippen LogP contribution in [0.15, 0.2) is 0 Å². The molecule has 0 heterocycles. The van der Waals surface area contributed by atoms with Crippen molar-refractivity contribution in [3.63, 3.8) is 0 Å². The van der Waals surface area contributed by atoms with Gasteiger partial charge in [0.15, 0.2) is 0 Å². The topological polar surface area (TPSA) is 332 Å². The Morgan fingerprint density at radius 1 is 0.778 bits per heavy atom. The molecule has 18 heavy (non-hydrogen) atoms. The van der Waals surface area contributed by atoms with Crippen molar-refractivity contribution >= 4 is 91.3 Å². The third kappa shape index (κ3) is 1250. The Bertz CT molecular complexity index is 163. The SMILES string of the molecule is O.O.O.O.O.O.O.O=S(=O)(O)S.O=S(O)O.[NaH].[NaH]. The van der Waals surface area contributed by atoms with E-state index in [-0.39, 0.29) is 97.4 Å². The summed E-state index contributed by atoms with van der Waals surface area (Å²) < 4.78 is 48.3. The fraction of sp³-hybridized carbons (Fsp3) is 0. The summed E-state index contributed by atoms with van der Waals surface area (Å²) in [6.45, 7) is 0. The van der Waals surface area contributed by atoms with Gasteiger partial charge in [0.2, 0.25) is 0 Å². The van der Waals surface area contributed by atoms with E-state index in [4.69, 9.17) is 26.3 Å². The van der Waals surface area contributed by atoms with Crippen LogP contribution in [-0.2, 0) is 20.5 Å². The second kappa shape index (κ2) is 50.8. The quantitative estimate of drug-likeness (QED) is 0.105. The van der Waals surface area contributed by atoms with Crippen molar-refractivity contribution in [2.45, 2.75) is 0 Å². The summed E-state index contributed by atoms with van der Waals surface area (Å²) in [7, 11) is -3.97. The summed E-state index contributed by atoms with van der Waals surface area (Å²) in [5.41, 5.74) is 0. The van der Waals surface area contributed by atoms with Crippen molar-refractivity contribution in [3.05, 3.63) is 0 Å². The van der Waals surface area contributed by atoms with Crippen LogP contribution in [0.3, 0.4) is 0 Å². The van der Waals surface area contributed by atoms with E-state index in [0.717, 1.165) is 0 Å². The van der Waals surface area contributed by atoms with Crippen LogP contribution < -0.4 is 0 Å². The molecule has 0 aromatic rings. The van der Waals surface area contributed by atoms with Gasteiger partial charge in [-0.3, -0.25) is 13.7 Å². The third-order valence-electron chi connectivity index (χ3n) is 0. The van der Waals surface area contributed by atoms with Crippen LogP contribution in [0.25, 0.3) is 0 Å². The van der Waals surface area contributed by atoms with Gasteiger partial charge >= 0.3 is 68.3 Å². The van der Waals surface area contributed by atoms with Gasteiger partial charge in [-0.15, -0.1) is 0 Å². The van der Waals surface area contributed by atoms with Gasteiger partial charge in [-0.05, 0) is 11.7 Å². The molecule has 0 spiro atoms. The van der Waals surface area contributed by atoms with Crippen LogP contribution in [0.1, 0.15) is 0 Å². The molecule has 118 valence electrons. The third-order valence-corrected chi connectivity index (χ3v) is 0. The molecule has 0 saturated heterocycles. The van der Waals surface area contributed by atoms with Crippen LogP contribution in [0.4, 0.5) is 0 Å². The summed E-state index contributed by atoms with van der Waals surface area (Å²) in [6.07, 6.45) is 0. The molecule has 18 heteroatoms. The Labute approximate surface area is 154 Å². The molecule has 0 aliphatic rings. The van der Waals surface area contributed by atoms with Crippen LogP contribution in [0.2, 0.25) is 0 Å². The first-order valence-electron chi connectivity index (χ1n) is 1.23. The van der Waals surface area contributed by atoms with Gasteiger partial charge < -0.3 is 38.3 Å². The minimum absolute atomic E-state index is 0. The number of thiol groups is 1. The normalized spacial score (nSPS) is 5.17. The molecular formula is H20Na2O13S3. The zero-order valence-electron chi connectivity index (χ0n) is 7.33. The summed E-state index contributed by atoms with van der Waals surface area (Å²) in [5.74, 6) is 0. The molecule has 0 atom stereocenters. The van der Waals surface area contributed by atoms with E-state index < -0.39 is 20.5 Å². The van der Waals surface area contributed by atoms with Crippen molar-refractivity contribution in [2.24, 2.45) is 0 Å². The average Bonchev–Trinajstić information content (AvgIpc) is 1.19. The maximum absolute atomic E-state index is 9.05. The predicted octanol–water partition coefficient (Wildman–Crippen LogP) is -7.67. The van der Waals surface area contributed by atoms with E-state index in [9.17, 15) is 0 Å². The van der Waals surface area contributed by atoms with Crippen molar-refractivity contribution < 1.29 is 64.6 Å².